The minimum absolute atomic E-state index is 0.0221. The number of fused-ring (bicyclic) bond motifs is 1. The standard InChI is InChI=1S/C28H25N3O8/c1-15-25-21(18(13-29-15)14-38-16(2)32)12-22(26(33)31-23-9-8-20(36-3)11-24(23)37-4)27(39-25)30-19-7-5-6-17(10-19)28(34)35/h5-13H,14H2,1-4H3,(H,31,33)(H,34,35)/p-1. The third-order valence-corrected chi connectivity index (χ3v) is 5.70. The Morgan fingerprint density at radius 2 is 1.87 bits per heavy atom. The lowest BCUT2D eigenvalue weighted by molar-refractivity contribution is -0.255. The quantitative estimate of drug-likeness (QED) is 0.339. The summed E-state index contributed by atoms with van der Waals surface area (Å²) in [5.74, 6) is -1.55. The molecule has 0 atom stereocenters. The summed E-state index contributed by atoms with van der Waals surface area (Å²) in [7, 11) is 2.97. The van der Waals surface area contributed by atoms with E-state index in [0.29, 0.717) is 39.4 Å². The lowest BCUT2D eigenvalue weighted by Crippen LogP contribution is -2.23. The number of carboxylic acids is 1. The summed E-state index contributed by atoms with van der Waals surface area (Å²) in [6.45, 7) is 2.91. The van der Waals surface area contributed by atoms with Gasteiger partial charge in [-0.15, -0.1) is 0 Å². The third kappa shape index (κ3) is 6.04. The molecule has 2 aromatic carbocycles. The largest absolute Gasteiger partial charge is 0.545 e. The number of amides is 1. The van der Waals surface area contributed by atoms with Crippen LogP contribution >= 0.6 is 0 Å². The number of methoxy groups -OCH3 is 2. The van der Waals surface area contributed by atoms with E-state index >= 15 is 0 Å². The zero-order valence-corrected chi connectivity index (χ0v) is 21.6. The summed E-state index contributed by atoms with van der Waals surface area (Å²) in [4.78, 5) is 45.1. The summed E-state index contributed by atoms with van der Waals surface area (Å²) < 4.78 is 21.8. The van der Waals surface area contributed by atoms with Crippen molar-refractivity contribution in [3.63, 3.8) is 0 Å². The number of hydrogen-bond donors (Lipinski definition) is 1. The van der Waals surface area contributed by atoms with Crippen molar-refractivity contribution >= 4 is 40.2 Å². The fourth-order valence-electron chi connectivity index (χ4n) is 3.74. The number of nitrogens with one attached hydrogen (secondary N) is 1. The molecule has 0 saturated heterocycles. The average molecular weight is 531 g/mol. The number of carboxylic acid groups (broad SMARTS) is 1. The molecule has 0 fully saturated rings. The van der Waals surface area contributed by atoms with Crippen LogP contribution in [0.1, 0.15) is 38.9 Å². The van der Waals surface area contributed by atoms with Crippen LogP contribution in [0.3, 0.4) is 0 Å². The van der Waals surface area contributed by atoms with Gasteiger partial charge in [0.2, 0.25) is 5.55 Å². The highest BCUT2D eigenvalue weighted by atomic mass is 16.5. The summed E-state index contributed by atoms with van der Waals surface area (Å²) in [5, 5.41) is 14.6. The lowest BCUT2D eigenvalue weighted by atomic mass is 10.1. The number of aryl methyl sites for hydroxylation is 1. The molecule has 1 N–H and O–H groups in total. The van der Waals surface area contributed by atoms with E-state index in [0.717, 1.165) is 0 Å². The van der Waals surface area contributed by atoms with Crippen LogP contribution in [0.25, 0.3) is 11.0 Å². The number of hydrogen-bond acceptors (Lipinski definition) is 10. The molecule has 11 heteroatoms. The van der Waals surface area contributed by atoms with E-state index in [2.05, 4.69) is 15.3 Å². The van der Waals surface area contributed by atoms with E-state index < -0.39 is 17.8 Å². The first kappa shape index (κ1) is 26.9. The predicted molar refractivity (Wildman–Crippen MR) is 138 cm³/mol. The number of ether oxygens (including phenoxy) is 3. The zero-order chi connectivity index (χ0) is 28.1. The molecule has 4 aromatic rings. The topological polar surface area (TPSA) is 152 Å². The van der Waals surface area contributed by atoms with Gasteiger partial charge < -0.3 is 33.8 Å². The van der Waals surface area contributed by atoms with Gasteiger partial charge in [0.1, 0.15) is 23.7 Å². The van der Waals surface area contributed by atoms with Crippen molar-refractivity contribution in [1.82, 2.24) is 4.98 Å². The van der Waals surface area contributed by atoms with E-state index in [1.165, 1.54) is 45.5 Å². The van der Waals surface area contributed by atoms with Gasteiger partial charge in [0.15, 0.2) is 5.58 Å². The van der Waals surface area contributed by atoms with Crippen molar-refractivity contribution in [2.45, 2.75) is 20.5 Å². The van der Waals surface area contributed by atoms with E-state index in [9.17, 15) is 19.5 Å². The number of benzene rings is 2. The molecule has 200 valence electrons. The van der Waals surface area contributed by atoms with Crippen molar-refractivity contribution in [2.75, 3.05) is 19.5 Å². The molecule has 0 saturated carbocycles. The van der Waals surface area contributed by atoms with Gasteiger partial charge in [-0.05, 0) is 42.8 Å². The van der Waals surface area contributed by atoms with Crippen molar-refractivity contribution in [1.29, 1.82) is 0 Å². The molecule has 4 rings (SSSR count). The highest BCUT2D eigenvalue weighted by Crippen LogP contribution is 2.30. The van der Waals surface area contributed by atoms with Crippen LogP contribution in [0.5, 0.6) is 11.5 Å². The Kier molecular flexibility index (Phi) is 7.90. The Labute approximate surface area is 222 Å². The second-order valence-corrected chi connectivity index (χ2v) is 8.33. The second kappa shape index (κ2) is 11.5. The number of aromatic nitrogens is 1. The Hall–Kier alpha value is -5.19. The van der Waals surface area contributed by atoms with Crippen LogP contribution in [0.15, 0.2) is 64.1 Å². The van der Waals surface area contributed by atoms with E-state index in [1.54, 1.807) is 37.3 Å². The second-order valence-electron chi connectivity index (χ2n) is 8.33. The number of carbonyl (C=O) groups excluding carboxylic acids is 3. The van der Waals surface area contributed by atoms with Crippen molar-refractivity contribution in [2.24, 2.45) is 4.99 Å². The number of anilines is 1. The lowest BCUT2D eigenvalue weighted by Gasteiger charge is -2.13. The van der Waals surface area contributed by atoms with Gasteiger partial charge in [-0.3, -0.25) is 14.6 Å². The van der Waals surface area contributed by atoms with Crippen molar-refractivity contribution < 1.29 is 38.1 Å². The summed E-state index contributed by atoms with van der Waals surface area (Å²) in [5.41, 5.74) is 1.74. The fraction of sp³-hybridized carbons (Fsp3) is 0.179. The highest BCUT2D eigenvalue weighted by Gasteiger charge is 2.19. The Morgan fingerprint density at radius 3 is 2.56 bits per heavy atom. The molecule has 0 unspecified atom stereocenters. The van der Waals surface area contributed by atoms with E-state index in [1.807, 2.05) is 0 Å². The molecule has 0 spiro atoms. The van der Waals surface area contributed by atoms with Gasteiger partial charge in [0.25, 0.3) is 5.91 Å². The monoisotopic (exact) mass is 530 g/mol. The summed E-state index contributed by atoms with van der Waals surface area (Å²) in [6, 6.07) is 12.2. The first-order valence-electron chi connectivity index (χ1n) is 11.7. The average Bonchev–Trinajstić information content (AvgIpc) is 2.92. The van der Waals surface area contributed by atoms with Crippen LogP contribution in [0.2, 0.25) is 0 Å². The first-order chi connectivity index (χ1) is 18.7. The van der Waals surface area contributed by atoms with Crippen LogP contribution in [-0.2, 0) is 16.1 Å². The number of nitrogens with zero attached hydrogens (tertiary/aromatic N) is 2. The van der Waals surface area contributed by atoms with E-state index in [-0.39, 0.29) is 29.0 Å². The van der Waals surface area contributed by atoms with E-state index in [4.69, 9.17) is 18.6 Å². The maximum absolute atomic E-state index is 13.6. The SMILES string of the molecule is COc1ccc(NC(=O)c2cc3c(COC(C)=O)cnc(C)c3oc2=Nc2cccc(C(=O)[O-])c2)c(OC)c1. The molecule has 0 bridgehead atoms. The maximum Gasteiger partial charge on any atom is 0.302 e. The number of aromatic carboxylic acids is 1. The van der Waals surface area contributed by atoms with Gasteiger partial charge in [0.05, 0.1) is 37.3 Å². The minimum atomic E-state index is -1.37. The molecule has 2 aromatic heterocycles. The molecule has 11 nitrogen and oxygen atoms in total. The number of esters is 1. The summed E-state index contributed by atoms with van der Waals surface area (Å²) >= 11 is 0. The molecule has 2 heterocycles. The number of rotatable bonds is 8. The van der Waals surface area contributed by atoms with Gasteiger partial charge in [0, 0.05) is 30.1 Å². The van der Waals surface area contributed by atoms with Gasteiger partial charge in [-0.25, -0.2) is 4.99 Å². The molecule has 0 aliphatic carbocycles. The Bertz CT molecular complexity index is 1660. The van der Waals surface area contributed by atoms with Gasteiger partial charge >= 0.3 is 5.97 Å². The zero-order valence-electron chi connectivity index (χ0n) is 21.6. The number of pyridine rings is 1. The number of carbonyl (C=O) groups is 3. The van der Waals surface area contributed by atoms with Crippen LogP contribution in [0, 0.1) is 6.92 Å². The molecule has 1 amide bonds. The highest BCUT2D eigenvalue weighted by molar-refractivity contribution is 6.06. The Morgan fingerprint density at radius 1 is 1.08 bits per heavy atom. The van der Waals surface area contributed by atoms with Gasteiger partial charge in [-0.2, -0.15) is 0 Å². The molecule has 39 heavy (non-hydrogen) atoms. The Balaban J connectivity index is 1.91. The fourth-order valence-corrected chi connectivity index (χ4v) is 3.74. The predicted octanol–water partition coefficient (Wildman–Crippen LogP) is 3.06. The smallest absolute Gasteiger partial charge is 0.302 e. The van der Waals surface area contributed by atoms with Crippen molar-refractivity contribution in [3.8, 4) is 11.5 Å². The van der Waals surface area contributed by atoms with Crippen LogP contribution in [0.4, 0.5) is 11.4 Å². The minimum Gasteiger partial charge on any atom is -0.545 e. The van der Waals surface area contributed by atoms with Crippen LogP contribution in [-0.4, -0.2) is 37.0 Å². The molecule has 0 radical (unpaired) electrons. The summed E-state index contributed by atoms with van der Waals surface area (Å²) in [6.07, 6.45) is 1.53. The van der Waals surface area contributed by atoms with Crippen LogP contribution < -0.4 is 25.5 Å². The third-order valence-electron chi connectivity index (χ3n) is 5.70. The molecule has 0 aliphatic heterocycles. The van der Waals surface area contributed by atoms with Crippen molar-refractivity contribution in [3.05, 3.63) is 82.7 Å². The maximum atomic E-state index is 13.6. The van der Waals surface area contributed by atoms with Gasteiger partial charge in [-0.1, -0.05) is 12.1 Å². The first-order valence-corrected chi connectivity index (χ1v) is 11.7. The molecular formula is C28H24N3O8-. The molecular weight excluding hydrogens is 506 g/mol. The molecule has 0 aliphatic rings. The normalized spacial score (nSPS) is 11.2.